The van der Waals surface area contributed by atoms with Gasteiger partial charge in [0.25, 0.3) is 0 Å². The van der Waals surface area contributed by atoms with Crippen LogP contribution >= 0.6 is 0 Å². The van der Waals surface area contributed by atoms with Gasteiger partial charge in [-0.15, -0.1) is 0 Å². The van der Waals surface area contributed by atoms with Gasteiger partial charge in [-0.05, 0) is 62.5 Å². The number of rotatable bonds is 4. The molecule has 2 rings (SSSR count). The Morgan fingerprint density at radius 1 is 1.33 bits per heavy atom. The molecular weight excluding hydrogens is 318 g/mol. The van der Waals surface area contributed by atoms with Gasteiger partial charge >= 0.3 is 0 Å². The first-order chi connectivity index (χ1) is 11.1. The number of allylic oxidation sites excluding steroid dienone is 1. The predicted octanol–water partition coefficient (Wildman–Crippen LogP) is 4.68. The highest BCUT2D eigenvalue weighted by molar-refractivity contribution is 7.92. The van der Waals surface area contributed by atoms with Crippen LogP contribution < -0.4 is 0 Å². The monoisotopic (exact) mass is 345 g/mol. The van der Waals surface area contributed by atoms with E-state index in [-0.39, 0.29) is 22.1 Å². The van der Waals surface area contributed by atoms with Gasteiger partial charge in [0, 0.05) is 0 Å². The number of nitriles is 1. The van der Waals surface area contributed by atoms with Crippen molar-refractivity contribution in [2.75, 3.05) is 0 Å². The minimum atomic E-state index is -3.69. The molecule has 1 fully saturated rings. The third-order valence-electron chi connectivity index (χ3n) is 5.27. The van der Waals surface area contributed by atoms with Crippen LogP contribution in [0.1, 0.15) is 45.6 Å². The molecular formula is C20H27NO2S. The Bertz CT molecular complexity index is 754. The zero-order valence-electron chi connectivity index (χ0n) is 15.0. The number of hydrogen-bond donors (Lipinski definition) is 0. The Kier molecular flexibility index (Phi) is 5.25. The summed E-state index contributed by atoms with van der Waals surface area (Å²) in [5, 5.41) is 8.71. The van der Waals surface area contributed by atoms with E-state index in [1.165, 1.54) is 0 Å². The first kappa shape index (κ1) is 18.7. The highest BCUT2D eigenvalue weighted by Crippen LogP contribution is 2.47. The SMILES string of the molecule is C=C(C)C1CCC(C)(C)CC1C(C#N)S(=O)(=O)c1ccc(C)cc1. The van der Waals surface area contributed by atoms with Crippen LogP contribution in [-0.2, 0) is 9.84 Å². The van der Waals surface area contributed by atoms with Crippen molar-refractivity contribution in [3.05, 3.63) is 42.0 Å². The largest absolute Gasteiger partial charge is 0.222 e. The summed E-state index contributed by atoms with van der Waals surface area (Å²) in [6.07, 6.45) is 2.66. The van der Waals surface area contributed by atoms with Crippen molar-refractivity contribution < 1.29 is 8.42 Å². The Morgan fingerprint density at radius 3 is 2.42 bits per heavy atom. The molecule has 1 aromatic carbocycles. The van der Waals surface area contributed by atoms with Crippen LogP contribution in [0.15, 0.2) is 41.3 Å². The van der Waals surface area contributed by atoms with Gasteiger partial charge in [-0.25, -0.2) is 8.42 Å². The van der Waals surface area contributed by atoms with Crippen LogP contribution in [0, 0.1) is 35.5 Å². The van der Waals surface area contributed by atoms with Gasteiger partial charge in [0.1, 0.15) is 0 Å². The van der Waals surface area contributed by atoms with Crippen LogP contribution in [-0.4, -0.2) is 13.7 Å². The highest BCUT2D eigenvalue weighted by Gasteiger charge is 2.44. The molecule has 0 spiro atoms. The third-order valence-corrected chi connectivity index (χ3v) is 7.32. The molecule has 1 aromatic rings. The molecule has 24 heavy (non-hydrogen) atoms. The lowest BCUT2D eigenvalue weighted by Gasteiger charge is -2.42. The van der Waals surface area contributed by atoms with Crippen LogP contribution in [0.25, 0.3) is 0 Å². The standard InChI is InChI=1S/C20H27NO2S/c1-14(2)17-10-11-20(4,5)12-18(17)19(13-21)24(22,23)16-8-6-15(3)7-9-16/h6-9,17-19H,1,10-12H2,2-5H3. The first-order valence-corrected chi connectivity index (χ1v) is 9.99. The second-order valence-corrected chi connectivity index (χ2v) is 10.0. The quantitative estimate of drug-likeness (QED) is 0.745. The summed E-state index contributed by atoms with van der Waals surface area (Å²) in [5.74, 6) is -0.120. The smallest absolute Gasteiger partial charge is 0.194 e. The first-order valence-electron chi connectivity index (χ1n) is 8.44. The van der Waals surface area contributed by atoms with Gasteiger partial charge < -0.3 is 0 Å². The Labute approximate surface area is 146 Å². The fraction of sp³-hybridized carbons (Fsp3) is 0.550. The summed E-state index contributed by atoms with van der Waals surface area (Å²) in [4.78, 5) is 0.239. The lowest BCUT2D eigenvalue weighted by molar-refractivity contribution is 0.140. The summed E-state index contributed by atoms with van der Waals surface area (Å²) in [6.45, 7) is 12.2. The second kappa shape index (κ2) is 6.72. The molecule has 3 nitrogen and oxygen atoms in total. The van der Waals surface area contributed by atoms with Gasteiger partial charge in [-0.3, -0.25) is 0 Å². The molecule has 1 saturated carbocycles. The number of hydrogen-bond acceptors (Lipinski definition) is 3. The molecule has 0 heterocycles. The predicted molar refractivity (Wildman–Crippen MR) is 97.2 cm³/mol. The lowest BCUT2D eigenvalue weighted by atomic mass is 9.64. The maximum Gasteiger partial charge on any atom is 0.194 e. The van der Waals surface area contributed by atoms with Crippen LogP contribution in [0.4, 0.5) is 0 Å². The molecule has 0 saturated heterocycles. The molecule has 0 N–H and O–H groups in total. The normalized spacial score (nSPS) is 24.8. The van der Waals surface area contributed by atoms with E-state index in [0.717, 1.165) is 30.4 Å². The van der Waals surface area contributed by atoms with Gasteiger partial charge in [-0.2, -0.15) is 5.26 Å². The average molecular weight is 346 g/mol. The third kappa shape index (κ3) is 3.72. The molecule has 0 amide bonds. The number of aryl methyl sites for hydroxylation is 1. The van der Waals surface area contributed by atoms with Gasteiger partial charge in [0.15, 0.2) is 15.1 Å². The molecule has 1 aliphatic carbocycles. The minimum absolute atomic E-state index is 0.0501. The van der Waals surface area contributed by atoms with E-state index >= 15 is 0 Å². The summed E-state index contributed by atoms with van der Waals surface area (Å²) >= 11 is 0. The Hall–Kier alpha value is -1.60. The van der Waals surface area contributed by atoms with Crippen molar-refractivity contribution >= 4 is 9.84 Å². The molecule has 0 aliphatic heterocycles. The fourth-order valence-electron chi connectivity index (χ4n) is 3.84. The zero-order valence-corrected chi connectivity index (χ0v) is 15.9. The molecule has 0 aromatic heterocycles. The summed E-state index contributed by atoms with van der Waals surface area (Å²) in [6, 6.07) is 8.90. The molecule has 1 aliphatic rings. The van der Waals surface area contributed by atoms with Crippen molar-refractivity contribution in [3.8, 4) is 6.07 Å². The number of sulfone groups is 1. The van der Waals surface area contributed by atoms with Crippen molar-refractivity contribution in [2.24, 2.45) is 17.3 Å². The second-order valence-electron chi connectivity index (χ2n) is 7.93. The van der Waals surface area contributed by atoms with Crippen molar-refractivity contribution in [2.45, 2.75) is 57.1 Å². The van der Waals surface area contributed by atoms with E-state index in [2.05, 4.69) is 26.5 Å². The molecule has 0 radical (unpaired) electrons. The van der Waals surface area contributed by atoms with E-state index < -0.39 is 15.1 Å². The minimum Gasteiger partial charge on any atom is -0.222 e. The molecule has 4 heteroatoms. The van der Waals surface area contributed by atoms with Crippen LogP contribution in [0.5, 0.6) is 0 Å². The lowest BCUT2D eigenvalue weighted by Crippen LogP contribution is -2.40. The van der Waals surface area contributed by atoms with E-state index in [4.69, 9.17) is 0 Å². The maximum absolute atomic E-state index is 13.1. The number of benzene rings is 1. The average Bonchev–Trinajstić information content (AvgIpc) is 2.47. The van der Waals surface area contributed by atoms with Gasteiger partial charge in [0.05, 0.1) is 11.0 Å². The molecule has 130 valence electrons. The van der Waals surface area contributed by atoms with Crippen LogP contribution in [0.2, 0.25) is 0 Å². The summed E-state index contributed by atoms with van der Waals surface area (Å²) < 4.78 is 26.2. The Morgan fingerprint density at radius 2 is 1.92 bits per heavy atom. The van der Waals surface area contributed by atoms with Gasteiger partial charge in [-0.1, -0.05) is 43.7 Å². The maximum atomic E-state index is 13.1. The van der Waals surface area contributed by atoms with Crippen molar-refractivity contribution in [3.63, 3.8) is 0 Å². The van der Waals surface area contributed by atoms with Crippen molar-refractivity contribution in [1.29, 1.82) is 5.26 Å². The number of nitrogens with zero attached hydrogens (tertiary/aromatic N) is 1. The van der Waals surface area contributed by atoms with E-state index in [9.17, 15) is 13.7 Å². The fourth-order valence-corrected chi connectivity index (χ4v) is 5.54. The van der Waals surface area contributed by atoms with Crippen LogP contribution in [0.3, 0.4) is 0 Å². The Balaban J connectivity index is 2.46. The summed E-state index contributed by atoms with van der Waals surface area (Å²) in [5.41, 5.74) is 2.03. The zero-order chi connectivity index (χ0) is 18.1. The summed E-state index contributed by atoms with van der Waals surface area (Å²) in [7, 11) is -3.69. The highest BCUT2D eigenvalue weighted by atomic mass is 32.2. The van der Waals surface area contributed by atoms with Gasteiger partial charge in [0.2, 0.25) is 0 Å². The van der Waals surface area contributed by atoms with E-state index in [1.807, 2.05) is 13.8 Å². The van der Waals surface area contributed by atoms with E-state index in [1.54, 1.807) is 24.3 Å². The molecule has 0 bridgehead atoms. The van der Waals surface area contributed by atoms with Crippen molar-refractivity contribution in [1.82, 2.24) is 0 Å². The molecule has 3 unspecified atom stereocenters. The molecule has 3 atom stereocenters. The van der Waals surface area contributed by atoms with E-state index in [0.29, 0.717) is 0 Å². The topological polar surface area (TPSA) is 57.9 Å².